The van der Waals surface area contributed by atoms with Crippen molar-refractivity contribution in [3.8, 4) is 0 Å². The second-order valence-electron chi connectivity index (χ2n) is 0.866. The van der Waals surface area contributed by atoms with Gasteiger partial charge in [-0.1, -0.05) is 0 Å². The van der Waals surface area contributed by atoms with E-state index >= 15 is 0 Å². The third-order valence-electron chi connectivity index (χ3n) is 0. The van der Waals surface area contributed by atoms with Gasteiger partial charge in [-0.25, -0.2) is 0 Å². The van der Waals surface area contributed by atoms with Gasteiger partial charge in [0.05, 0.1) is 0 Å². The van der Waals surface area contributed by atoms with Crippen LogP contribution >= 0.6 is 0 Å². The van der Waals surface area contributed by atoms with Gasteiger partial charge in [0.1, 0.15) is 0 Å². The Labute approximate surface area is 141 Å². The molecule has 0 aliphatic rings. The zero-order chi connectivity index (χ0) is 10.7. The molecule has 0 atom stereocenters. The summed E-state index contributed by atoms with van der Waals surface area (Å²) in [4.78, 5) is 0. The predicted octanol–water partition coefficient (Wildman–Crippen LogP) is -12.2. The van der Waals surface area contributed by atoms with Gasteiger partial charge in [0.2, 0.25) is 0 Å². The van der Waals surface area contributed by atoms with E-state index in [0.29, 0.717) is 0 Å². The molecule has 0 N–H and O–H groups in total. The maximum absolute atomic E-state index is 8.42. The smallest absolute Gasteiger partial charge is 0.907 e. The Hall–Kier alpha value is 2.34. The van der Waals surface area contributed by atoms with Crippen LogP contribution in [-0.2, 0) is 58.6 Å². The average Bonchev–Trinajstić information content (AvgIpc) is 1.54. The predicted molar refractivity (Wildman–Crippen MR) is 23.0 cm³/mol. The molecule has 0 heterocycles. The first-order valence-corrected chi connectivity index (χ1v) is 2.12. The summed E-state index contributed by atoms with van der Waals surface area (Å²) in [5, 5.41) is 75.8. The maximum Gasteiger partial charge on any atom is 3.00 e. The van der Waals surface area contributed by atoms with Gasteiger partial charge >= 0.3 is 75.9 Å². The fraction of sp³-hybridized carbons (Fsp3) is 0. The van der Waals surface area contributed by atoms with Gasteiger partial charge in [-0.05, 0) is 0 Å². The summed E-state index contributed by atoms with van der Waals surface area (Å²) < 4.78 is 0. The van der Waals surface area contributed by atoms with Crippen LogP contribution in [0.2, 0.25) is 0 Å². The fourth-order valence-electron chi connectivity index (χ4n) is 0. The summed E-state index contributed by atoms with van der Waals surface area (Å²) in [5.74, 6) is 0. The van der Waals surface area contributed by atoms with Crippen LogP contribution < -0.4 is 45.2 Å². The van der Waals surface area contributed by atoms with Crippen molar-refractivity contribution in [2.24, 2.45) is 0 Å². The van der Waals surface area contributed by atoms with Gasteiger partial charge in [0.15, 0.2) is 0 Å². The second-order valence-corrected chi connectivity index (χ2v) is 0.866. The van der Waals surface area contributed by atoms with E-state index in [0.717, 1.165) is 0 Å². The molecule has 0 amide bonds. The molecule has 15 heavy (non-hydrogen) atoms. The maximum atomic E-state index is 8.42. The van der Waals surface area contributed by atoms with Crippen LogP contribution in [0.4, 0.5) is 0 Å². The van der Waals surface area contributed by atoms with E-state index in [-0.39, 0.29) is 75.9 Å². The van der Waals surface area contributed by atoms with Gasteiger partial charge in [-0.3, -0.25) is 22.0 Å². The van der Waals surface area contributed by atoms with E-state index in [1.54, 1.807) is 0 Å². The molecule has 15 heteroatoms. The van der Waals surface area contributed by atoms with Crippen molar-refractivity contribution in [2.75, 3.05) is 0 Å². The topological polar surface area (TPSA) is 208 Å². The number of hydrogen-bond donors (Lipinski definition) is 0. The third kappa shape index (κ3) is 613. The number of hydrogen-bond acceptors (Lipinski definition) is 9. The molecule has 0 aliphatic carbocycles. The van der Waals surface area contributed by atoms with Gasteiger partial charge in [0, 0.05) is 0 Å². The van der Waals surface area contributed by atoms with Crippen LogP contribution in [0, 0.1) is 0 Å². The van der Waals surface area contributed by atoms with Gasteiger partial charge in [-0.15, -0.1) is 0 Å². The van der Waals surface area contributed by atoms with Crippen molar-refractivity contribution in [1.29, 1.82) is 0 Å². The minimum Gasteiger partial charge on any atom is -0.907 e. The van der Waals surface area contributed by atoms with Crippen LogP contribution in [0.5, 0.6) is 0 Å². The molecule has 0 spiro atoms. The van der Waals surface area contributed by atoms with Crippen LogP contribution in [0.1, 0.15) is 0 Å². The van der Waals surface area contributed by atoms with Crippen molar-refractivity contribution in [1.82, 2.24) is 0 Å². The van der Waals surface area contributed by atoms with E-state index in [1.807, 2.05) is 0 Å². The zero-order valence-electron chi connectivity index (χ0n) is 7.14. The molecule has 0 aromatic heterocycles. The molecule has 0 fully saturated rings. The first-order valence-electron chi connectivity index (χ1n) is 2.12. The molecule has 0 saturated carbocycles. The fourth-order valence-corrected chi connectivity index (χ4v) is 0. The normalized spacial score (nSPS) is 5.40. The van der Waals surface area contributed by atoms with Gasteiger partial charge in [0.25, 0.3) is 0 Å². The molecule has 0 aromatic carbocycles. The quantitative estimate of drug-likeness (QED) is 0.383. The van der Waals surface area contributed by atoms with E-state index in [2.05, 4.69) is 0 Å². The Bertz CT molecular complexity index is 53.8. The molecule has 0 bridgehead atoms. The zero-order valence-corrected chi connectivity index (χ0v) is 12.9. The van der Waals surface area contributed by atoms with Crippen molar-refractivity contribution in [3.63, 3.8) is 0 Å². The average molecular weight is 337 g/mol. The third-order valence-corrected chi connectivity index (χ3v) is 0. The summed E-state index contributed by atoms with van der Waals surface area (Å²) in [6.07, 6.45) is 0. The molecule has 0 aromatic rings. The van der Waals surface area contributed by atoms with Crippen LogP contribution in [-0.4, -0.2) is 39.3 Å². The van der Waals surface area contributed by atoms with Crippen LogP contribution in [0.25, 0.3) is 0 Å². The Morgan fingerprint density at radius 2 is 0.467 bits per heavy atom. The Morgan fingerprint density at radius 3 is 0.467 bits per heavy atom. The molecular weight excluding hydrogens is 337 g/mol. The van der Waals surface area contributed by atoms with Gasteiger partial charge < -0.3 is 45.2 Å². The summed E-state index contributed by atoms with van der Waals surface area (Å²) >= 11 is 0. The molecule has 0 rings (SSSR count). The molecule has 0 radical (unpaired) electrons. The number of rotatable bonds is 0. The van der Waals surface area contributed by atoms with Crippen LogP contribution in [0.3, 0.4) is 0 Å². The summed E-state index contributed by atoms with van der Waals surface area (Å²) in [6, 6.07) is 0. The molecule has 0 aliphatic heterocycles. The first kappa shape index (κ1) is 36.0. The van der Waals surface area contributed by atoms with E-state index in [9.17, 15) is 0 Å². The summed E-state index contributed by atoms with van der Waals surface area (Å²) in [7, 11) is -8.75. The largest absolute Gasteiger partial charge is 3.00 e. The monoisotopic (exact) mass is 338 g/mol. The molecule has 9 nitrogen and oxygen atoms in total. The van der Waals surface area contributed by atoms with E-state index in [1.165, 1.54) is 0 Å². The summed E-state index contributed by atoms with van der Waals surface area (Å²) in [6.45, 7) is 0. The Balaban J connectivity index is -0.0000000184. The van der Waals surface area contributed by atoms with Crippen LogP contribution in [0.15, 0.2) is 0 Å². The molecule has 72 valence electrons. The minimum atomic E-state index is -2.92. The van der Waals surface area contributed by atoms with E-state index < -0.39 is 22.0 Å². The van der Waals surface area contributed by atoms with Crippen molar-refractivity contribution >= 4 is 39.3 Å². The van der Waals surface area contributed by atoms with Crippen molar-refractivity contribution in [3.05, 3.63) is 0 Å². The van der Waals surface area contributed by atoms with Crippen molar-refractivity contribution in [2.45, 2.75) is 0 Å². The van der Waals surface area contributed by atoms with Crippen molar-refractivity contribution < 1.29 is 104 Å². The van der Waals surface area contributed by atoms with E-state index in [4.69, 9.17) is 45.2 Å². The molecule has 0 saturated heterocycles. The molecule has 0 unspecified atom stereocenters. The SMILES string of the molecule is [Al+3].[O-]B([O-])[O-].[O-]B([O-])[O-].[O-]B([O-])[O-].[Sc+3].[Y+3]. The van der Waals surface area contributed by atoms with Gasteiger partial charge in [-0.2, -0.15) is 0 Å². The molecular formula is AlB3O9ScY. The second kappa shape index (κ2) is 29.9. The standard InChI is InChI=1S/Al.3BO3.Sc.Y/c;3*2-1(3)4;;/q+3;3*-3;2*+3. The Morgan fingerprint density at radius 1 is 0.467 bits per heavy atom. The summed E-state index contributed by atoms with van der Waals surface area (Å²) in [5.41, 5.74) is 0. The first-order chi connectivity index (χ1) is 5.20. The minimum absolute atomic E-state index is 0. The Kier molecular flexibility index (Phi) is 71.8.